The zero-order chi connectivity index (χ0) is 17.1. The van der Waals surface area contributed by atoms with Crippen molar-refractivity contribution in [2.75, 3.05) is 7.05 Å². The number of likely N-dealkylation sites (tertiary alicyclic amines) is 1. The number of hydrogen-bond acceptors (Lipinski definition) is 3. The van der Waals surface area contributed by atoms with Crippen molar-refractivity contribution >= 4 is 17.7 Å². The first-order chi connectivity index (χ1) is 11.6. The fraction of sp³-hybridized carbons (Fsp3) is 0.526. The quantitative estimate of drug-likeness (QED) is 0.799. The molecule has 1 aromatic rings. The van der Waals surface area contributed by atoms with Crippen LogP contribution in [0.5, 0.6) is 0 Å². The van der Waals surface area contributed by atoms with Gasteiger partial charge in [0.2, 0.25) is 11.8 Å². The van der Waals surface area contributed by atoms with Crippen LogP contribution in [0.15, 0.2) is 24.3 Å². The summed E-state index contributed by atoms with van der Waals surface area (Å²) in [5, 5.41) is 0. The number of amides is 3. The van der Waals surface area contributed by atoms with Crippen molar-refractivity contribution in [2.45, 2.75) is 57.5 Å². The second-order valence-corrected chi connectivity index (χ2v) is 6.78. The fourth-order valence-corrected chi connectivity index (χ4v) is 3.57. The molecule has 1 saturated carbocycles. The summed E-state index contributed by atoms with van der Waals surface area (Å²) < 4.78 is 0. The Morgan fingerprint density at radius 2 is 1.62 bits per heavy atom. The van der Waals surface area contributed by atoms with Gasteiger partial charge in [-0.15, -0.1) is 0 Å². The van der Waals surface area contributed by atoms with Crippen LogP contribution in [0.25, 0.3) is 0 Å². The van der Waals surface area contributed by atoms with Gasteiger partial charge in [0.15, 0.2) is 0 Å². The topological polar surface area (TPSA) is 57.7 Å². The first kappa shape index (κ1) is 16.7. The van der Waals surface area contributed by atoms with E-state index < -0.39 is 0 Å². The normalized spacial score (nSPS) is 19.0. The van der Waals surface area contributed by atoms with Crippen molar-refractivity contribution in [3.05, 3.63) is 35.4 Å². The minimum atomic E-state index is -0.114. The number of nitrogens with zero attached hydrogens (tertiary/aromatic N) is 2. The summed E-state index contributed by atoms with van der Waals surface area (Å²) in [5.74, 6) is -0.184. The summed E-state index contributed by atoms with van der Waals surface area (Å²) in [5.41, 5.74) is 1.53. The molecule has 5 heteroatoms. The third kappa shape index (κ3) is 3.50. The van der Waals surface area contributed by atoms with E-state index in [9.17, 15) is 14.4 Å². The Hall–Kier alpha value is -2.17. The van der Waals surface area contributed by atoms with Gasteiger partial charge in [-0.1, -0.05) is 31.4 Å². The van der Waals surface area contributed by atoms with E-state index in [1.807, 2.05) is 24.1 Å². The molecule has 0 spiro atoms. The number of benzene rings is 1. The monoisotopic (exact) mass is 328 g/mol. The van der Waals surface area contributed by atoms with Gasteiger partial charge in [-0.3, -0.25) is 19.3 Å². The second-order valence-electron chi connectivity index (χ2n) is 6.78. The predicted molar refractivity (Wildman–Crippen MR) is 90.2 cm³/mol. The molecule has 0 atom stereocenters. The SMILES string of the molecule is CN(C(=O)c1ccc(CN2C(=O)CCC2=O)cc1)C1CCCCC1. The maximum atomic E-state index is 12.6. The van der Waals surface area contributed by atoms with Gasteiger partial charge in [-0.05, 0) is 30.5 Å². The molecule has 1 aliphatic carbocycles. The van der Waals surface area contributed by atoms with E-state index in [4.69, 9.17) is 0 Å². The van der Waals surface area contributed by atoms with Crippen LogP contribution < -0.4 is 0 Å². The zero-order valence-electron chi connectivity index (χ0n) is 14.2. The molecular formula is C19H24N2O3. The minimum absolute atomic E-state index is 0.0433. The standard InChI is InChI=1S/C19H24N2O3/c1-20(16-5-3-2-4-6-16)19(24)15-9-7-14(8-10-15)13-21-17(22)11-12-18(21)23/h7-10,16H,2-6,11-13H2,1H3. The molecule has 1 aliphatic heterocycles. The number of rotatable bonds is 4. The van der Waals surface area contributed by atoms with E-state index in [1.165, 1.54) is 24.2 Å². The van der Waals surface area contributed by atoms with Crippen molar-refractivity contribution in [3.63, 3.8) is 0 Å². The molecule has 3 rings (SSSR count). The first-order valence-electron chi connectivity index (χ1n) is 8.75. The fourth-order valence-electron chi connectivity index (χ4n) is 3.57. The Balaban J connectivity index is 1.64. The number of imide groups is 1. The van der Waals surface area contributed by atoms with E-state index in [1.54, 1.807) is 12.1 Å². The molecule has 5 nitrogen and oxygen atoms in total. The van der Waals surface area contributed by atoms with E-state index in [0.29, 0.717) is 31.0 Å². The van der Waals surface area contributed by atoms with E-state index >= 15 is 0 Å². The van der Waals surface area contributed by atoms with E-state index in [-0.39, 0.29) is 17.7 Å². The number of carbonyl (C=O) groups excluding carboxylic acids is 3. The molecule has 3 amide bonds. The van der Waals surface area contributed by atoms with Crippen LogP contribution in [0.4, 0.5) is 0 Å². The largest absolute Gasteiger partial charge is 0.339 e. The van der Waals surface area contributed by atoms with Gasteiger partial charge >= 0.3 is 0 Å². The molecule has 1 heterocycles. The van der Waals surface area contributed by atoms with Gasteiger partial charge in [0, 0.05) is 31.5 Å². The van der Waals surface area contributed by atoms with Crippen molar-refractivity contribution in [3.8, 4) is 0 Å². The summed E-state index contributed by atoms with van der Waals surface area (Å²) in [4.78, 5) is 39.1. The average Bonchev–Trinajstić information content (AvgIpc) is 2.94. The highest BCUT2D eigenvalue weighted by Gasteiger charge is 2.28. The zero-order valence-corrected chi connectivity index (χ0v) is 14.2. The smallest absolute Gasteiger partial charge is 0.253 e. The summed E-state index contributed by atoms with van der Waals surface area (Å²) in [6.45, 7) is 0.296. The molecule has 1 aromatic carbocycles. The molecule has 0 unspecified atom stereocenters. The molecule has 0 radical (unpaired) electrons. The highest BCUT2D eigenvalue weighted by Crippen LogP contribution is 2.23. The Labute approximate surface area is 142 Å². The first-order valence-corrected chi connectivity index (χ1v) is 8.75. The summed E-state index contributed by atoms with van der Waals surface area (Å²) >= 11 is 0. The molecule has 2 fully saturated rings. The van der Waals surface area contributed by atoms with Crippen LogP contribution >= 0.6 is 0 Å². The van der Waals surface area contributed by atoms with Crippen LogP contribution in [-0.4, -0.2) is 40.6 Å². The molecule has 0 N–H and O–H groups in total. The lowest BCUT2D eigenvalue weighted by Gasteiger charge is -2.31. The summed E-state index contributed by atoms with van der Waals surface area (Å²) in [6.07, 6.45) is 6.43. The second kappa shape index (κ2) is 7.16. The van der Waals surface area contributed by atoms with Crippen molar-refractivity contribution in [2.24, 2.45) is 0 Å². The Morgan fingerprint density at radius 3 is 2.21 bits per heavy atom. The molecule has 0 bridgehead atoms. The van der Waals surface area contributed by atoms with Gasteiger partial charge in [-0.2, -0.15) is 0 Å². The molecule has 0 aromatic heterocycles. The highest BCUT2D eigenvalue weighted by molar-refractivity contribution is 6.01. The lowest BCUT2D eigenvalue weighted by molar-refractivity contribution is -0.139. The molecule has 1 saturated heterocycles. The van der Waals surface area contributed by atoms with Gasteiger partial charge in [0.25, 0.3) is 5.91 Å². The maximum absolute atomic E-state index is 12.6. The van der Waals surface area contributed by atoms with Crippen molar-refractivity contribution < 1.29 is 14.4 Å². The third-order valence-electron chi connectivity index (χ3n) is 5.14. The Kier molecular flexibility index (Phi) is 4.97. The van der Waals surface area contributed by atoms with Gasteiger partial charge < -0.3 is 4.90 Å². The lowest BCUT2D eigenvalue weighted by atomic mass is 9.94. The van der Waals surface area contributed by atoms with Crippen LogP contribution in [0.1, 0.15) is 60.9 Å². The molecule has 24 heavy (non-hydrogen) atoms. The molecule has 128 valence electrons. The van der Waals surface area contributed by atoms with Gasteiger partial charge in [-0.25, -0.2) is 0 Å². The van der Waals surface area contributed by atoms with Gasteiger partial charge in [0.1, 0.15) is 0 Å². The predicted octanol–water partition coefficient (Wildman–Crippen LogP) is 2.74. The minimum Gasteiger partial charge on any atom is -0.339 e. The Morgan fingerprint density at radius 1 is 1.04 bits per heavy atom. The summed E-state index contributed by atoms with van der Waals surface area (Å²) in [7, 11) is 1.88. The summed E-state index contributed by atoms with van der Waals surface area (Å²) in [6, 6.07) is 7.59. The van der Waals surface area contributed by atoms with Crippen molar-refractivity contribution in [1.29, 1.82) is 0 Å². The molecular weight excluding hydrogens is 304 g/mol. The maximum Gasteiger partial charge on any atom is 0.253 e. The lowest BCUT2D eigenvalue weighted by Crippen LogP contribution is -2.38. The van der Waals surface area contributed by atoms with Crippen molar-refractivity contribution in [1.82, 2.24) is 9.80 Å². The Bertz CT molecular complexity index is 617. The van der Waals surface area contributed by atoms with Crippen LogP contribution in [0, 0.1) is 0 Å². The average molecular weight is 328 g/mol. The number of hydrogen-bond donors (Lipinski definition) is 0. The van der Waals surface area contributed by atoms with Gasteiger partial charge in [0.05, 0.1) is 6.54 Å². The van der Waals surface area contributed by atoms with E-state index in [2.05, 4.69) is 0 Å². The van der Waals surface area contributed by atoms with E-state index in [0.717, 1.165) is 18.4 Å². The third-order valence-corrected chi connectivity index (χ3v) is 5.14. The van der Waals surface area contributed by atoms with Crippen LogP contribution in [0.2, 0.25) is 0 Å². The molecule has 2 aliphatic rings. The van der Waals surface area contributed by atoms with Crippen LogP contribution in [0.3, 0.4) is 0 Å². The number of carbonyl (C=O) groups is 3. The van der Waals surface area contributed by atoms with Crippen LogP contribution in [-0.2, 0) is 16.1 Å². The highest BCUT2D eigenvalue weighted by atomic mass is 16.2.